The second-order valence-corrected chi connectivity index (χ2v) is 10.3. The molecule has 2 fully saturated rings. The van der Waals surface area contributed by atoms with Gasteiger partial charge in [-0.25, -0.2) is 12.8 Å². The fourth-order valence-corrected chi connectivity index (χ4v) is 6.77. The number of hydrogen-bond acceptors (Lipinski definition) is 4. The minimum absolute atomic E-state index is 0.0131. The molecule has 4 rings (SSSR count). The van der Waals surface area contributed by atoms with E-state index in [9.17, 15) is 17.6 Å². The van der Waals surface area contributed by atoms with Crippen molar-refractivity contribution in [2.24, 2.45) is 0 Å². The van der Waals surface area contributed by atoms with Gasteiger partial charge in [0.25, 0.3) is 0 Å². The summed E-state index contributed by atoms with van der Waals surface area (Å²) in [4.78, 5) is 15.7. The highest BCUT2D eigenvalue weighted by Gasteiger charge is 2.53. The lowest BCUT2D eigenvalue weighted by Crippen LogP contribution is -2.41. The van der Waals surface area contributed by atoms with Crippen molar-refractivity contribution in [1.82, 2.24) is 4.90 Å². The van der Waals surface area contributed by atoms with Crippen molar-refractivity contribution in [3.8, 4) is 0 Å². The summed E-state index contributed by atoms with van der Waals surface area (Å²) in [5.41, 5.74) is 0.228. The highest BCUT2D eigenvalue weighted by molar-refractivity contribution is 7.91. The number of carbonyl (C=O) groups is 1. The van der Waals surface area contributed by atoms with Crippen LogP contribution in [0.2, 0.25) is 0 Å². The normalized spacial score (nSPS) is 24.0. The third kappa shape index (κ3) is 3.07. The zero-order valence-corrected chi connectivity index (χ0v) is 15.9. The van der Waals surface area contributed by atoms with E-state index in [1.165, 1.54) is 23.5 Å². The van der Waals surface area contributed by atoms with Crippen LogP contribution in [0.4, 0.5) is 4.39 Å². The van der Waals surface area contributed by atoms with Gasteiger partial charge in [-0.15, -0.1) is 11.3 Å². The van der Waals surface area contributed by atoms with E-state index < -0.39 is 20.5 Å². The SMILES string of the molecule is O=C(N1CCC(c2cccs2)S(=O)(=O)CC1)C1(c2ccc(F)cc2)CC1. The molecule has 1 saturated carbocycles. The van der Waals surface area contributed by atoms with Crippen LogP contribution < -0.4 is 0 Å². The first-order chi connectivity index (χ1) is 12.4. The van der Waals surface area contributed by atoms with Gasteiger partial charge in [-0.1, -0.05) is 18.2 Å². The fraction of sp³-hybridized carbons (Fsp3) is 0.421. The number of hydrogen-bond donors (Lipinski definition) is 0. The molecular formula is C19H20FNO3S2. The minimum Gasteiger partial charge on any atom is -0.341 e. The third-order valence-corrected chi connectivity index (χ3v) is 8.69. The largest absolute Gasteiger partial charge is 0.341 e. The average Bonchev–Trinajstić information content (AvgIpc) is 3.29. The average molecular weight is 394 g/mol. The van der Waals surface area contributed by atoms with E-state index in [2.05, 4.69) is 0 Å². The van der Waals surface area contributed by atoms with Gasteiger partial charge in [-0.2, -0.15) is 0 Å². The molecular weight excluding hydrogens is 373 g/mol. The van der Waals surface area contributed by atoms with Crippen molar-refractivity contribution in [3.05, 3.63) is 58.0 Å². The zero-order valence-electron chi connectivity index (χ0n) is 14.2. The van der Waals surface area contributed by atoms with Crippen LogP contribution >= 0.6 is 11.3 Å². The van der Waals surface area contributed by atoms with Gasteiger partial charge in [0.1, 0.15) is 5.82 Å². The van der Waals surface area contributed by atoms with E-state index in [-0.39, 0.29) is 24.0 Å². The Morgan fingerprint density at radius 2 is 1.88 bits per heavy atom. The van der Waals surface area contributed by atoms with E-state index in [4.69, 9.17) is 0 Å². The van der Waals surface area contributed by atoms with Crippen LogP contribution in [0.3, 0.4) is 0 Å². The van der Waals surface area contributed by atoms with Crippen molar-refractivity contribution in [2.45, 2.75) is 29.9 Å². The van der Waals surface area contributed by atoms with E-state index >= 15 is 0 Å². The van der Waals surface area contributed by atoms with Gasteiger partial charge in [0, 0.05) is 18.0 Å². The number of rotatable bonds is 3. The first kappa shape index (κ1) is 17.7. The summed E-state index contributed by atoms with van der Waals surface area (Å²) in [6, 6.07) is 9.81. The van der Waals surface area contributed by atoms with Gasteiger partial charge in [0.15, 0.2) is 9.84 Å². The maximum absolute atomic E-state index is 13.2. The van der Waals surface area contributed by atoms with Crippen molar-refractivity contribution >= 4 is 27.1 Å². The van der Waals surface area contributed by atoms with Gasteiger partial charge in [0.05, 0.1) is 16.4 Å². The number of nitrogens with zero attached hydrogens (tertiary/aromatic N) is 1. The second-order valence-electron chi connectivity index (χ2n) is 7.04. The van der Waals surface area contributed by atoms with Gasteiger partial charge < -0.3 is 4.90 Å². The monoisotopic (exact) mass is 393 g/mol. The molecule has 1 aromatic heterocycles. The Morgan fingerprint density at radius 1 is 1.15 bits per heavy atom. The summed E-state index contributed by atoms with van der Waals surface area (Å²) in [5, 5.41) is 1.35. The highest BCUT2D eigenvalue weighted by atomic mass is 32.2. The third-order valence-electron chi connectivity index (χ3n) is 5.44. The molecule has 7 heteroatoms. The first-order valence-electron chi connectivity index (χ1n) is 8.73. The van der Waals surface area contributed by atoms with Crippen LogP contribution in [0, 0.1) is 5.82 Å². The van der Waals surface area contributed by atoms with Gasteiger partial charge in [0.2, 0.25) is 5.91 Å². The van der Waals surface area contributed by atoms with E-state index in [1.807, 2.05) is 17.5 Å². The predicted octanol–water partition coefficient (Wildman–Crippen LogP) is 3.31. The Morgan fingerprint density at radius 3 is 2.50 bits per heavy atom. The molecule has 2 aliphatic rings. The molecule has 0 radical (unpaired) electrons. The Labute approximate surface area is 156 Å². The van der Waals surface area contributed by atoms with E-state index in [0.29, 0.717) is 13.0 Å². The Hall–Kier alpha value is -1.73. The quantitative estimate of drug-likeness (QED) is 0.804. The molecule has 2 heterocycles. The predicted molar refractivity (Wildman–Crippen MR) is 99.4 cm³/mol. The number of amides is 1. The summed E-state index contributed by atoms with van der Waals surface area (Å²) in [5.74, 6) is -0.358. The number of sulfone groups is 1. The van der Waals surface area contributed by atoms with Crippen LogP contribution in [-0.2, 0) is 20.0 Å². The standard InChI is InChI=1S/C19H20FNO3S2/c20-15-5-3-14(4-6-15)19(8-9-19)18(22)21-10-7-17(16-2-1-12-25-16)26(23,24)13-11-21/h1-6,12,17H,7-11,13H2. The zero-order chi connectivity index (χ0) is 18.4. The molecule has 1 aliphatic carbocycles. The molecule has 1 aromatic carbocycles. The summed E-state index contributed by atoms with van der Waals surface area (Å²) in [7, 11) is -3.28. The maximum atomic E-state index is 13.2. The second kappa shape index (κ2) is 6.46. The minimum atomic E-state index is -3.28. The topological polar surface area (TPSA) is 54.5 Å². The van der Waals surface area contributed by atoms with Crippen LogP contribution in [0.15, 0.2) is 41.8 Å². The lowest BCUT2D eigenvalue weighted by molar-refractivity contribution is -0.133. The number of carbonyl (C=O) groups excluding carboxylic acids is 1. The van der Waals surface area contributed by atoms with Crippen molar-refractivity contribution in [1.29, 1.82) is 0 Å². The number of thiophene rings is 1. The Balaban J connectivity index is 1.56. The van der Waals surface area contributed by atoms with E-state index in [1.54, 1.807) is 17.0 Å². The molecule has 0 N–H and O–H groups in total. The van der Waals surface area contributed by atoms with E-state index in [0.717, 1.165) is 23.3 Å². The smallest absolute Gasteiger partial charge is 0.233 e. The fourth-order valence-electron chi connectivity index (χ4n) is 3.76. The summed E-state index contributed by atoms with van der Waals surface area (Å²) >= 11 is 1.45. The van der Waals surface area contributed by atoms with Crippen molar-refractivity contribution < 1.29 is 17.6 Å². The molecule has 1 unspecified atom stereocenters. The molecule has 1 atom stereocenters. The number of halogens is 1. The van der Waals surface area contributed by atoms with Gasteiger partial charge in [-0.05, 0) is 48.4 Å². The lowest BCUT2D eigenvalue weighted by atomic mass is 9.94. The highest BCUT2D eigenvalue weighted by Crippen LogP contribution is 2.50. The van der Waals surface area contributed by atoms with Crippen LogP contribution in [0.25, 0.3) is 0 Å². The maximum Gasteiger partial charge on any atom is 0.233 e. The molecule has 0 bridgehead atoms. The molecule has 1 amide bonds. The summed E-state index contributed by atoms with van der Waals surface area (Å²) in [6.45, 7) is 0.662. The van der Waals surface area contributed by atoms with Crippen LogP contribution in [-0.4, -0.2) is 38.1 Å². The van der Waals surface area contributed by atoms with Crippen molar-refractivity contribution in [3.63, 3.8) is 0 Å². The van der Waals surface area contributed by atoms with Crippen LogP contribution in [0.5, 0.6) is 0 Å². The molecule has 1 saturated heterocycles. The summed E-state index contributed by atoms with van der Waals surface area (Å²) in [6.07, 6.45) is 1.89. The Bertz CT molecular complexity index is 903. The number of benzene rings is 1. The van der Waals surface area contributed by atoms with Crippen LogP contribution in [0.1, 0.15) is 35.0 Å². The lowest BCUT2D eigenvalue weighted by Gasteiger charge is -2.26. The molecule has 4 nitrogen and oxygen atoms in total. The first-order valence-corrected chi connectivity index (χ1v) is 11.3. The molecule has 2 aromatic rings. The Kier molecular flexibility index (Phi) is 4.39. The molecule has 0 spiro atoms. The summed E-state index contributed by atoms with van der Waals surface area (Å²) < 4.78 is 38.5. The van der Waals surface area contributed by atoms with Crippen molar-refractivity contribution in [2.75, 3.05) is 18.8 Å². The molecule has 26 heavy (non-hydrogen) atoms. The van der Waals surface area contributed by atoms with Gasteiger partial charge >= 0.3 is 0 Å². The molecule has 1 aliphatic heterocycles. The van der Waals surface area contributed by atoms with Gasteiger partial charge in [-0.3, -0.25) is 4.79 Å². The molecule has 138 valence electrons.